The molecule has 3 aromatic rings. The molecule has 0 saturated heterocycles. The van der Waals surface area contributed by atoms with Crippen LogP contribution in [0.4, 0.5) is 0 Å². The molecular weight excluding hydrogens is 302 g/mol. The maximum Gasteiger partial charge on any atom is 0.296 e. The molecule has 0 bridgehead atoms. The Morgan fingerprint density at radius 2 is 1.86 bits per heavy atom. The van der Waals surface area contributed by atoms with E-state index in [0.717, 1.165) is 5.56 Å². The summed E-state index contributed by atoms with van der Waals surface area (Å²) < 4.78 is 39.4. The van der Waals surface area contributed by atoms with Gasteiger partial charge in [0.2, 0.25) is 0 Å². The van der Waals surface area contributed by atoms with E-state index in [1.54, 1.807) is 29.8 Å². The molecule has 0 aliphatic carbocycles. The number of nitrogens with zero attached hydrogens (tertiary/aromatic N) is 1. The first-order valence-corrected chi connectivity index (χ1v) is 8.12. The Balaban J connectivity index is 1.92. The van der Waals surface area contributed by atoms with Gasteiger partial charge in [0.1, 0.15) is 17.3 Å². The second-order valence-corrected chi connectivity index (χ2v) is 6.42. The summed E-state index contributed by atoms with van der Waals surface area (Å²) in [5.41, 5.74) is 1.73. The van der Waals surface area contributed by atoms with Gasteiger partial charge in [-0.05, 0) is 17.7 Å². The van der Waals surface area contributed by atoms with E-state index in [-0.39, 0.29) is 4.90 Å². The zero-order chi connectivity index (χ0) is 15.7. The van der Waals surface area contributed by atoms with Crippen LogP contribution in [0.2, 0.25) is 0 Å². The van der Waals surface area contributed by atoms with Gasteiger partial charge in [-0.3, -0.25) is 4.55 Å². The fourth-order valence-corrected chi connectivity index (χ4v) is 3.10. The van der Waals surface area contributed by atoms with Crippen molar-refractivity contribution >= 4 is 21.0 Å². The quantitative estimate of drug-likeness (QED) is 0.751. The number of aryl methyl sites for hydroxylation is 1. The number of fused-ring (bicyclic) bond motifs is 1. The van der Waals surface area contributed by atoms with Crippen LogP contribution in [-0.2, 0) is 23.8 Å². The van der Waals surface area contributed by atoms with E-state index in [1.165, 1.54) is 6.20 Å². The first kappa shape index (κ1) is 14.6. The molecule has 22 heavy (non-hydrogen) atoms. The van der Waals surface area contributed by atoms with Crippen molar-refractivity contribution in [2.24, 2.45) is 7.05 Å². The molecular formula is C16H15NO4S. The zero-order valence-electron chi connectivity index (χ0n) is 11.9. The van der Waals surface area contributed by atoms with E-state index < -0.39 is 10.1 Å². The van der Waals surface area contributed by atoms with Gasteiger partial charge >= 0.3 is 0 Å². The highest BCUT2D eigenvalue weighted by Gasteiger charge is 2.17. The van der Waals surface area contributed by atoms with Crippen molar-refractivity contribution in [2.75, 3.05) is 0 Å². The standard InChI is InChI=1S/C16H15NO4S/c1-17-10-16(22(18,19)20)14-8-7-13(9-15(14)17)21-11-12-5-3-2-4-6-12/h2-10H,11H2,1H3,(H,18,19,20). The Hall–Kier alpha value is -2.31. The number of aromatic nitrogens is 1. The lowest BCUT2D eigenvalue weighted by Gasteiger charge is -2.07. The van der Waals surface area contributed by atoms with Gasteiger partial charge in [0.05, 0.1) is 5.52 Å². The van der Waals surface area contributed by atoms with Crippen LogP contribution < -0.4 is 4.74 Å². The van der Waals surface area contributed by atoms with Crippen molar-refractivity contribution in [3.8, 4) is 5.75 Å². The first-order chi connectivity index (χ1) is 10.4. The van der Waals surface area contributed by atoms with Gasteiger partial charge in [-0.1, -0.05) is 30.3 Å². The van der Waals surface area contributed by atoms with Gasteiger partial charge in [0.25, 0.3) is 10.1 Å². The highest BCUT2D eigenvalue weighted by molar-refractivity contribution is 7.86. The lowest BCUT2D eigenvalue weighted by Crippen LogP contribution is -1.96. The van der Waals surface area contributed by atoms with Crippen LogP contribution in [0.3, 0.4) is 0 Å². The Labute approximate surface area is 128 Å². The van der Waals surface area contributed by atoms with Crippen LogP contribution in [0.1, 0.15) is 5.56 Å². The van der Waals surface area contributed by atoms with Crippen LogP contribution in [0.25, 0.3) is 10.9 Å². The summed E-state index contributed by atoms with van der Waals surface area (Å²) >= 11 is 0. The van der Waals surface area contributed by atoms with Gasteiger partial charge in [-0.25, -0.2) is 0 Å². The van der Waals surface area contributed by atoms with Crippen molar-refractivity contribution in [1.82, 2.24) is 4.57 Å². The average molecular weight is 317 g/mol. The van der Waals surface area contributed by atoms with E-state index in [1.807, 2.05) is 30.3 Å². The zero-order valence-corrected chi connectivity index (χ0v) is 12.7. The SMILES string of the molecule is Cn1cc(S(=O)(=O)O)c2ccc(OCc3ccccc3)cc21. The molecule has 5 nitrogen and oxygen atoms in total. The van der Waals surface area contributed by atoms with E-state index in [2.05, 4.69) is 0 Å². The molecule has 0 amide bonds. The molecule has 0 saturated carbocycles. The third-order valence-corrected chi connectivity index (χ3v) is 4.33. The second kappa shape index (κ2) is 5.47. The molecule has 1 heterocycles. The summed E-state index contributed by atoms with van der Waals surface area (Å²) in [7, 11) is -2.52. The number of benzene rings is 2. The second-order valence-electron chi connectivity index (χ2n) is 5.03. The molecule has 0 fully saturated rings. The highest BCUT2D eigenvalue weighted by Crippen LogP contribution is 2.28. The molecule has 0 radical (unpaired) electrons. The molecule has 1 N–H and O–H groups in total. The molecule has 0 atom stereocenters. The van der Waals surface area contributed by atoms with Gasteiger partial charge in [-0.15, -0.1) is 0 Å². The predicted octanol–water partition coefficient (Wildman–Crippen LogP) is 3.00. The van der Waals surface area contributed by atoms with Gasteiger partial charge < -0.3 is 9.30 Å². The van der Waals surface area contributed by atoms with Crippen molar-refractivity contribution in [2.45, 2.75) is 11.5 Å². The van der Waals surface area contributed by atoms with Gasteiger partial charge in [-0.2, -0.15) is 8.42 Å². The lowest BCUT2D eigenvalue weighted by atomic mass is 10.2. The fourth-order valence-electron chi connectivity index (χ4n) is 2.36. The highest BCUT2D eigenvalue weighted by atomic mass is 32.2. The molecule has 0 spiro atoms. The largest absolute Gasteiger partial charge is 0.489 e. The van der Waals surface area contributed by atoms with E-state index in [9.17, 15) is 13.0 Å². The summed E-state index contributed by atoms with van der Waals surface area (Å²) in [5, 5.41) is 0.470. The maximum atomic E-state index is 11.4. The molecule has 0 unspecified atom stereocenters. The van der Waals surface area contributed by atoms with E-state index >= 15 is 0 Å². The van der Waals surface area contributed by atoms with Crippen LogP contribution in [0.15, 0.2) is 59.6 Å². The Morgan fingerprint density at radius 1 is 1.14 bits per heavy atom. The van der Waals surface area contributed by atoms with Crippen molar-refractivity contribution in [1.29, 1.82) is 0 Å². The summed E-state index contributed by atoms with van der Waals surface area (Å²) in [5.74, 6) is 0.638. The predicted molar refractivity (Wildman–Crippen MR) is 83.5 cm³/mol. The van der Waals surface area contributed by atoms with Gasteiger partial charge in [0.15, 0.2) is 0 Å². The Morgan fingerprint density at radius 3 is 2.55 bits per heavy atom. The Bertz CT molecular complexity index is 914. The van der Waals surface area contributed by atoms with Crippen LogP contribution >= 0.6 is 0 Å². The third kappa shape index (κ3) is 2.84. The molecule has 0 aliphatic heterocycles. The topological polar surface area (TPSA) is 68.5 Å². The van der Waals surface area contributed by atoms with E-state index in [0.29, 0.717) is 23.3 Å². The minimum Gasteiger partial charge on any atom is -0.489 e. The Kier molecular flexibility index (Phi) is 3.64. The number of hydrogen-bond donors (Lipinski definition) is 1. The van der Waals surface area contributed by atoms with Crippen LogP contribution in [0, 0.1) is 0 Å². The van der Waals surface area contributed by atoms with Crippen LogP contribution in [-0.4, -0.2) is 17.5 Å². The monoisotopic (exact) mass is 317 g/mol. The van der Waals surface area contributed by atoms with E-state index in [4.69, 9.17) is 4.74 Å². The van der Waals surface area contributed by atoms with Crippen molar-refractivity contribution in [3.05, 3.63) is 60.3 Å². The first-order valence-electron chi connectivity index (χ1n) is 6.68. The lowest BCUT2D eigenvalue weighted by molar-refractivity contribution is 0.306. The summed E-state index contributed by atoms with van der Waals surface area (Å²) in [4.78, 5) is -0.0976. The summed E-state index contributed by atoms with van der Waals surface area (Å²) in [6.07, 6.45) is 1.39. The van der Waals surface area contributed by atoms with Gasteiger partial charge in [0, 0.05) is 24.7 Å². The number of ether oxygens (including phenoxy) is 1. The summed E-state index contributed by atoms with van der Waals surface area (Å²) in [6, 6.07) is 14.9. The summed E-state index contributed by atoms with van der Waals surface area (Å²) in [6.45, 7) is 0.432. The number of hydrogen-bond acceptors (Lipinski definition) is 3. The normalized spacial score (nSPS) is 11.7. The smallest absolute Gasteiger partial charge is 0.296 e. The molecule has 2 aromatic carbocycles. The molecule has 1 aromatic heterocycles. The molecule has 0 aliphatic rings. The minimum atomic E-state index is -4.24. The maximum absolute atomic E-state index is 11.4. The number of rotatable bonds is 4. The third-order valence-electron chi connectivity index (χ3n) is 3.45. The molecule has 114 valence electrons. The van der Waals surface area contributed by atoms with Crippen LogP contribution in [0.5, 0.6) is 5.75 Å². The minimum absolute atomic E-state index is 0.0976. The average Bonchev–Trinajstić information content (AvgIpc) is 2.83. The van der Waals surface area contributed by atoms with Crippen molar-refractivity contribution < 1.29 is 17.7 Å². The molecule has 6 heteroatoms. The van der Waals surface area contributed by atoms with Crippen molar-refractivity contribution in [3.63, 3.8) is 0 Å². The fraction of sp³-hybridized carbons (Fsp3) is 0.125. The molecule has 3 rings (SSSR count).